The standard InChI is InChI=1S/C10H14N2O2.C2H6/c1-3-5-7-8(6-4-2)9(13)12-10(11)14;1-2/h3-7H,1-2H3,(H3,11,12,13,14);1-2H3/b5-3-,6-4-,8-7+;. The zero-order valence-corrected chi connectivity index (χ0v) is 10.3. The molecule has 0 saturated carbocycles. The van der Waals surface area contributed by atoms with Gasteiger partial charge in [-0.25, -0.2) is 4.79 Å². The summed E-state index contributed by atoms with van der Waals surface area (Å²) in [6, 6.07) is -0.856. The van der Waals surface area contributed by atoms with E-state index < -0.39 is 11.9 Å². The Labute approximate surface area is 96.9 Å². The maximum Gasteiger partial charge on any atom is 0.319 e. The van der Waals surface area contributed by atoms with E-state index in [1.165, 1.54) is 0 Å². The van der Waals surface area contributed by atoms with Gasteiger partial charge in [0.2, 0.25) is 0 Å². The predicted molar refractivity (Wildman–Crippen MR) is 66.8 cm³/mol. The van der Waals surface area contributed by atoms with Gasteiger partial charge in [0.15, 0.2) is 0 Å². The van der Waals surface area contributed by atoms with Gasteiger partial charge in [0.05, 0.1) is 0 Å². The van der Waals surface area contributed by atoms with E-state index in [4.69, 9.17) is 5.73 Å². The van der Waals surface area contributed by atoms with Crippen LogP contribution in [0.1, 0.15) is 27.7 Å². The molecule has 0 atom stereocenters. The molecule has 3 N–H and O–H groups in total. The number of primary amides is 1. The second-order valence-electron chi connectivity index (χ2n) is 2.47. The van der Waals surface area contributed by atoms with E-state index >= 15 is 0 Å². The van der Waals surface area contributed by atoms with Crippen molar-refractivity contribution >= 4 is 11.9 Å². The Morgan fingerprint density at radius 1 is 1.12 bits per heavy atom. The van der Waals surface area contributed by atoms with Crippen molar-refractivity contribution in [2.24, 2.45) is 5.73 Å². The molecule has 3 amide bonds. The zero-order chi connectivity index (χ0) is 13.0. The number of nitrogens with two attached hydrogens (primary N) is 1. The van der Waals surface area contributed by atoms with Crippen LogP contribution >= 0.6 is 0 Å². The number of urea groups is 1. The third-order valence-electron chi connectivity index (χ3n) is 1.31. The number of amides is 3. The molecular weight excluding hydrogens is 204 g/mol. The molecule has 16 heavy (non-hydrogen) atoms. The maximum absolute atomic E-state index is 11.3. The largest absolute Gasteiger partial charge is 0.351 e. The highest BCUT2D eigenvalue weighted by Crippen LogP contribution is 1.97. The van der Waals surface area contributed by atoms with Crippen molar-refractivity contribution in [3.8, 4) is 0 Å². The van der Waals surface area contributed by atoms with Crippen molar-refractivity contribution in [3.63, 3.8) is 0 Å². The van der Waals surface area contributed by atoms with E-state index in [2.05, 4.69) is 0 Å². The number of hydrogen-bond acceptors (Lipinski definition) is 2. The van der Waals surface area contributed by atoms with E-state index in [0.717, 1.165) is 0 Å². The summed E-state index contributed by atoms with van der Waals surface area (Å²) in [5.41, 5.74) is 5.19. The molecule has 4 nitrogen and oxygen atoms in total. The Balaban J connectivity index is 0. The Hall–Kier alpha value is -1.84. The molecule has 0 radical (unpaired) electrons. The molecule has 0 heterocycles. The van der Waals surface area contributed by atoms with Crippen LogP contribution in [0.5, 0.6) is 0 Å². The van der Waals surface area contributed by atoms with Crippen LogP contribution in [0, 0.1) is 0 Å². The van der Waals surface area contributed by atoms with Crippen molar-refractivity contribution in [2.45, 2.75) is 27.7 Å². The average molecular weight is 224 g/mol. The number of rotatable bonds is 3. The minimum absolute atomic E-state index is 0.379. The molecule has 0 rings (SSSR count). The second-order valence-corrected chi connectivity index (χ2v) is 2.47. The first-order chi connectivity index (χ1) is 7.61. The maximum atomic E-state index is 11.3. The third-order valence-corrected chi connectivity index (χ3v) is 1.31. The van der Waals surface area contributed by atoms with Gasteiger partial charge in [0, 0.05) is 5.57 Å². The third kappa shape index (κ3) is 8.74. The minimum Gasteiger partial charge on any atom is -0.351 e. The van der Waals surface area contributed by atoms with Crippen LogP contribution in [0.25, 0.3) is 0 Å². The predicted octanol–water partition coefficient (Wildman–Crippen LogP) is 2.29. The second kappa shape index (κ2) is 11.2. The van der Waals surface area contributed by atoms with E-state index in [0.29, 0.717) is 5.57 Å². The molecule has 0 aromatic rings. The molecule has 0 spiro atoms. The number of imide groups is 1. The summed E-state index contributed by atoms with van der Waals surface area (Å²) in [6.45, 7) is 7.61. The normalized spacial score (nSPS) is 11.1. The lowest BCUT2D eigenvalue weighted by atomic mass is 10.2. The van der Waals surface area contributed by atoms with Crippen molar-refractivity contribution in [1.29, 1.82) is 0 Å². The molecule has 0 aliphatic rings. The fourth-order valence-electron chi connectivity index (χ4n) is 0.770. The van der Waals surface area contributed by atoms with Gasteiger partial charge in [-0.3, -0.25) is 10.1 Å². The molecule has 0 bridgehead atoms. The lowest BCUT2D eigenvalue weighted by Gasteiger charge is -1.99. The topological polar surface area (TPSA) is 72.2 Å². The Bertz CT molecular complexity index is 302. The summed E-state index contributed by atoms with van der Waals surface area (Å²) in [6.07, 6.45) is 8.38. The van der Waals surface area contributed by atoms with E-state index in [9.17, 15) is 9.59 Å². The van der Waals surface area contributed by atoms with Gasteiger partial charge >= 0.3 is 6.03 Å². The van der Waals surface area contributed by atoms with Crippen molar-refractivity contribution in [3.05, 3.63) is 36.0 Å². The molecule has 0 fully saturated rings. The van der Waals surface area contributed by atoms with Crippen LogP contribution in [-0.4, -0.2) is 11.9 Å². The van der Waals surface area contributed by atoms with Crippen molar-refractivity contribution in [1.82, 2.24) is 5.32 Å². The number of carbonyl (C=O) groups is 2. The Morgan fingerprint density at radius 2 is 1.69 bits per heavy atom. The summed E-state index contributed by atoms with van der Waals surface area (Å²) >= 11 is 0. The van der Waals surface area contributed by atoms with Crippen LogP contribution in [0.2, 0.25) is 0 Å². The van der Waals surface area contributed by atoms with E-state index in [1.807, 2.05) is 26.1 Å². The van der Waals surface area contributed by atoms with Gasteiger partial charge in [0.1, 0.15) is 0 Å². The zero-order valence-electron chi connectivity index (χ0n) is 10.3. The highest BCUT2D eigenvalue weighted by atomic mass is 16.2. The molecule has 0 saturated heterocycles. The van der Waals surface area contributed by atoms with Gasteiger partial charge in [0.25, 0.3) is 5.91 Å². The number of carbonyl (C=O) groups excluding carboxylic acids is 2. The first-order valence-corrected chi connectivity index (χ1v) is 5.18. The summed E-state index contributed by atoms with van der Waals surface area (Å²) in [5.74, 6) is -0.506. The molecule has 0 unspecified atom stereocenters. The van der Waals surface area contributed by atoms with Crippen LogP contribution in [0.15, 0.2) is 36.0 Å². The average Bonchev–Trinajstić information content (AvgIpc) is 2.26. The molecule has 90 valence electrons. The van der Waals surface area contributed by atoms with Crippen LogP contribution in [0.3, 0.4) is 0 Å². The monoisotopic (exact) mass is 224 g/mol. The van der Waals surface area contributed by atoms with Crippen molar-refractivity contribution < 1.29 is 9.59 Å². The van der Waals surface area contributed by atoms with Crippen LogP contribution < -0.4 is 11.1 Å². The first kappa shape index (κ1) is 16.6. The van der Waals surface area contributed by atoms with Gasteiger partial charge in [-0.1, -0.05) is 38.2 Å². The quantitative estimate of drug-likeness (QED) is 0.570. The minimum atomic E-state index is -0.856. The molecular formula is C12H20N2O2. The summed E-state index contributed by atoms with van der Waals surface area (Å²) < 4.78 is 0. The fourth-order valence-corrected chi connectivity index (χ4v) is 0.770. The van der Waals surface area contributed by atoms with Gasteiger partial charge < -0.3 is 5.73 Å². The van der Waals surface area contributed by atoms with Gasteiger partial charge in [-0.2, -0.15) is 0 Å². The molecule has 0 aromatic carbocycles. The van der Waals surface area contributed by atoms with Crippen LogP contribution in [-0.2, 0) is 4.79 Å². The Morgan fingerprint density at radius 3 is 2.06 bits per heavy atom. The smallest absolute Gasteiger partial charge is 0.319 e. The highest BCUT2D eigenvalue weighted by Gasteiger charge is 2.06. The first-order valence-electron chi connectivity index (χ1n) is 5.18. The van der Waals surface area contributed by atoms with Gasteiger partial charge in [-0.05, 0) is 19.9 Å². The highest BCUT2D eigenvalue weighted by molar-refractivity contribution is 6.05. The Kier molecular flexibility index (Phi) is 11.6. The summed E-state index contributed by atoms with van der Waals surface area (Å²) in [4.78, 5) is 21.7. The summed E-state index contributed by atoms with van der Waals surface area (Å²) in [5, 5.41) is 1.98. The van der Waals surface area contributed by atoms with Crippen LogP contribution in [0.4, 0.5) is 4.79 Å². The van der Waals surface area contributed by atoms with E-state index in [1.54, 1.807) is 37.3 Å². The number of hydrogen-bond donors (Lipinski definition) is 2. The summed E-state index contributed by atoms with van der Waals surface area (Å²) in [7, 11) is 0. The van der Waals surface area contributed by atoms with Crippen molar-refractivity contribution in [2.75, 3.05) is 0 Å². The van der Waals surface area contributed by atoms with Gasteiger partial charge in [-0.15, -0.1) is 0 Å². The molecule has 0 aliphatic carbocycles. The lowest BCUT2D eigenvalue weighted by molar-refractivity contribution is -0.116. The van der Waals surface area contributed by atoms with E-state index in [-0.39, 0.29) is 0 Å². The molecule has 4 heteroatoms. The fraction of sp³-hybridized carbons (Fsp3) is 0.333. The SMILES string of the molecule is CC.C\C=C/C=C(\C=C/C)C(=O)NC(N)=O. The number of nitrogens with one attached hydrogen (secondary N) is 1. The molecule has 0 aromatic heterocycles. The number of allylic oxidation sites excluding steroid dienone is 4. The lowest BCUT2D eigenvalue weighted by Crippen LogP contribution is -2.35. The molecule has 0 aliphatic heterocycles.